The molecule has 1 aromatic heterocycles. The van der Waals surface area contributed by atoms with Crippen LogP contribution in [0.5, 0.6) is 0 Å². The van der Waals surface area contributed by atoms with Gasteiger partial charge in [0, 0.05) is 36.4 Å². The van der Waals surface area contributed by atoms with Gasteiger partial charge in [-0.2, -0.15) is 0 Å². The molecule has 0 bridgehead atoms. The van der Waals surface area contributed by atoms with Crippen molar-refractivity contribution in [3.8, 4) is 0 Å². The molecule has 46 heavy (non-hydrogen) atoms. The number of fused-ring (bicyclic) bond motifs is 1. The topological polar surface area (TPSA) is 209 Å². The summed E-state index contributed by atoms with van der Waals surface area (Å²) in [7, 11) is 0. The lowest BCUT2D eigenvalue weighted by Gasteiger charge is -2.25. The number of nitrogens with one attached hydrogen (secondary N) is 4. The van der Waals surface area contributed by atoms with Crippen molar-refractivity contribution in [1.29, 1.82) is 0 Å². The number of carboxylic acids is 1. The van der Waals surface area contributed by atoms with E-state index in [9.17, 15) is 29.1 Å². The highest BCUT2D eigenvalue weighted by molar-refractivity contribution is 5.95. The van der Waals surface area contributed by atoms with Crippen molar-refractivity contribution in [1.82, 2.24) is 20.9 Å². The van der Waals surface area contributed by atoms with Crippen LogP contribution in [0, 0.1) is 0 Å². The lowest BCUT2D eigenvalue weighted by molar-refractivity contribution is -0.142. The fourth-order valence-electron chi connectivity index (χ4n) is 5.12. The second-order valence-electron chi connectivity index (χ2n) is 11.1. The molecule has 0 aliphatic carbocycles. The Bertz CT molecular complexity index is 1660. The Morgan fingerprint density at radius 3 is 1.85 bits per heavy atom. The second kappa shape index (κ2) is 16.0. The lowest BCUT2D eigenvalue weighted by Crippen LogP contribution is -2.58. The number of aromatic amines is 1. The van der Waals surface area contributed by atoms with Gasteiger partial charge in [-0.05, 0) is 35.6 Å². The molecule has 0 fully saturated rings. The summed E-state index contributed by atoms with van der Waals surface area (Å²) < 4.78 is 0. The number of carbonyl (C=O) groups excluding carboxylic acids is 4. The van der Waals surface area contributed by atoms with Crippen LogP contribution in [0.4, 0.5) is 0 Å². The van der Waals surface area contributed by atoms with Gasteiger partial charge in [-0.1, -0.05) is 78.9 Å². The number of hydrogen-bond donors (Lipinski definition) is 7. The van der Waals surface area contributed by atoms with Gasteiger partial charge in [-0.25, -0.2) is 4.79 Å². The van der Waals surface area contributed by atoms with Crippen molar-refractivity contribution in [3.63, 3.8) is 0 Å². The third kappa shape index (κ3) is 9.50. The monoisotopic (exact) mass is 626 g/mol. The molecule has 0 saturated carbocycles. The fraction of sp³-hybridized carbons (Fsp3) is 0.265. The third-order valence-corrected chi connectivity index (χ3v) is 7.58. The van der Waals surface area contributed by atoms with E-state index in [1.54, 1.807) is 36.5 Å². The number of rotatable bonds is 16. The average Bonchev–Trinajstić information content (AvgIpc) is 3.45. The minimum atomic E-state index is -1.28. The molecular weight excluding hydrogens is 588 g/mol. The Morgan fingerprint density at radius 1 is 0.674 bits per heavy atom. The molecule has 4 rings (SSSR count). The van der Waals surface area contributed by atoms with Crippen LogP contribution in [0.25, 0.3) is 10.9 Å². The number of nitrogens with two attached hydrogens (primary N) is 2. The van der Waals surface area contributed by atoms with Crippen LogP contribution in [0.2, 0.25) is 0 Å². The van der Waals surface area contributed by atoms with E-state index < -0.39 is 53.8 Å². The summed E-state index contributed by atoms with van der Waals surface area (Å²) in [5.74, 6) is -4.04. The van der Waals surface area contributed by atoms with Gasteiger partial charge in [0.2, 0.25) is 23.6 Å². The van der Waals surface area contributed by atoms with Crippen molar-refractivity contribution in [2.24, 2.45) is 11.5 Å². The maximum atomic E-state index is 13.7. The van der Waals surface area contributed by atoms with Gasteiger partial charge >= 0.3 is 5.97 Å². The number of carbonyl (C=O) groups is 5. The van der Waals surface area contributed by atoms with Gasteiger partial charge in [0.05, 0.1) is 6.04 Å². The average molecular weight is 627 g/mol. The first-order valence-electron chi connectivity index (χ1n) is 14.9. The zero-order valence-corrected chi connectivity index (χ0v) is 25.1. The Morgan fingerprint density at radius 2 is 1.22 bits per heavy atom. The van der Waals surface area contributed by atoms with Gasteiger partial charge in [0.15, 0.2) is 0 Å². The molecule has 4 unspecified atom stereocenters. The number of hydrogen-bond acceptors (Lipinski definition) is 6. The molecule has 0 aliphatic heterocycles. The normalized spacial score (nSPS) is 13.6. The molecule has 4 atom stereocenters. The highest BCUT2D eigenvalue weighted by atomic mass is 16.4. The summed E-state index contributed by atoms with van der Waals surface area (Å²) in [5.41, 5.74) is 14.5. The van der Waals surface area contributed by atoms with Gasteiger partial charge in [-0.3, -0.25) is 19.2 Å². The largest absolute Gasteiger partial charge is 0.480 e. The standard InChI is InChI=1S/C34H38N6O6/c35-25(17-21-9-3-1-4-10-21)31(42)38-27(15-16-30(36)41)32(43)39-28(19-23-20-37-26-14-8-7-13-24(23)26)33(44)40-29(34(45)46)18-22-11-5-2-6-12-22/h1-14,20,25,27-29,37H,15-19,35H2,(H2,36,41)(H,38,42)(H,39,43)(H,40,44)(H,45,46). The maximum absolute atomic E-state index is 13.7. The number of amides is 4. The van der Waals surface area contributed by atoms with Crippen LogP contribution in [0.3, 0.4) is 0 Å². The zero-order chi connectivity index (χ0) is 33.1. The smallest absolute Gasteiger partial charge is 0.326 e. The Labute approximate surface area is 265 Å². The maximum Gasteiger partial charge on any atom is 0.326 e. The number of primary amides is 1. The predicted molar refractivity (Wildman–Crippen MR) is 172 cm³/mol. The first-order chi connectivity index (χ1) is 22.1. The van der Waals surface area contributed by atoms with Crippen LogP contribution in [-0.4, -0.2) is 63.9 Å². The lowest BCUT2D eigenvalue weighted by atomic mass is 10.0. The Hall–Kier alpha value is -5.49. The summed E-state index contributed by atoms with van der Waals surface area (Å²) in [5, 5.41) is 18.6. The molecule has 4 amide bonds. The highest BCUT2D eigenvalue weighted by Gasteiger charge is 2.31. The Kier molecular flexibility index (Phi) is 11.6. The minimum absolute atomic E-state index is 0.00324. The van der Waals surface area contributed by atoms with E-state index in [1.165, 1.54) is 0 Å². The molecular formula is C34H38N6O6. The molecule has 0 radical (unpaired) electrons. The molecule has 12 nitrogen and oxygen atoms in total. The molecule has 0 spiro atoms. The van der Waals surface area contributed by atoms with E-state index >= 15 is 0 Å². The third-order valence-electron chi connectivity index (χ3n) is 7.58. The predicted octanol–water partition coefficient (Wildman–Crippen LogP) is 1.33. The van der Waals surface area contributed by atoms with Crippen LogP contribution in [-0.2, 0) is 43.2 Å². The van der Waals surface area contributed by atoms with Gasteiger partial charge < -0.3 is 37.5 Å². The van der Waals surface area contributed by atoms with Crippen molar-refractivity contribution in [2.45, 2.75) is 56.3 Å². The van der Waals surface area contributed by atoms with E-state index in [4.69, 9.17) is 11.5 Å². The molecule has 0 aliphatic rings. The molecule has 240 valence electrons. The van der Waals surface area contributed by atoms with Crippen molar-refractivity contribution >= 4 is 40.5 Å². The zero-order valence-electron chi connectivity index (χ0n) is 25.1. The van der Waals surface area contributed by atoms with Crippen LogP contribution in [0.1, 0.15) is 29.5 Å². The number of aromatic nitrogens is 1. The quantitative estimate of drug-likeness (QED) is 0.0969. The van der Waals surface area contributed by atoms with E-state index in [1.807, 2.05) is 54.6 Å². The molecule has 0 saturated heterocycles. The minimum Gasteiger partial charge on any atom is -0.480 e. The SMILES string of the molecule is NC(=O)CCC(NC(=O)C(N)Cc1ccccc1)C(=O)NC(Cc1c[nH]c2ccccc12)C(=O)NC(Cc1ccccc1)C(=O)O. The van der Waals surface area contributed by atoms with Crippen LogP contribution < -0.4 is 27.4 Å². The van der Waals surface area contributed by atoms with E-state index in [0.29, 0.717) is 11.1 Å². The Balaban J connectivity index is 1.55. The fourth-order valence-corrected chi connectivity index (χ4v) is 5.12. The molecule has 12 heteroatoms. The first kappa shape index (κ1) is 33.4. The van der Waals surface area contributed by atoms with Crippen LogP contribution >= 0.6 is 0 Å². The summed E-state index contributed by atoms with van der Waals surface area (Å²) in [6.45, 7) is 0. The van der Waals surface area contributed by atoms with Gasteiger partial charge in [-0.15, -0.1) is 0 Å². The summed E-state index contributed by atoms with van der Waals surface area (Å²) in [4.78, 5) is 67.3. The molecule has 1 heterocycles. The number of para-hydroxylation sites is 1. The number of benzene rings is 3. The van der Waals surface area contributed by atoms with Crippen LogP contribution in [0.15, 0.2) is 91.1 Å². The first-order valence-corrected chi connectivity index (χ1v) is 14.9. The summed E-state index contributed by atoms with van der Waals surface area (Å²) in [6.07, 6.45) is 1.59. The summed E-state index contributed by atoms with van der Waals surface area (Å²) >= 11 is 0. The van der Waals surface area contributed by atoms with E-state index in [-0.39, 0.29) is 32.1 Å². The molecule has 4 aromatic rings. The van der Waals surface area contributed by atoms with E-state index in [0.717, 1.165) is 16.5 Å². The number of H-pyrrole nitrogens is 1. The van der Waals surface area contributed by atoms with E-state index in [2.05, 4.69) is 20.9 Å². The molecule has 3 aromatic carbocycles. The van der Waals surface area contributed by atoms with Crippen molar-refractivity contribution in [2.75, 3.05) is 0 Å². The number of carboxylic acid groups (broad SMARTS) is 1. The second-order valence-corrected chi connectivity index (χ2v) is 11.1. The van der Waals surface area contributed by atoms with Crippen molar-refractivity contribution < 1.29 is 29.1 Å². The van der Waals surface area contributed by atoms with Crippen molar-refractivity contribution in [3.05, 3.63) is 108 Å². The molecule has 9 N–H and O–H groups in total. The van der Waals surface area contributed by atoms with Gasteiger partial charge in [0.25, 0.3) is 0 Å². The van der Waals surface area contributed by atoms with Gasteiger partial charge in [0.1, 0.15) is 18.1 Å². The highest BCUT2D eigenvalue weighted by Crippen LogP contribution is 2.19. The number of aliphatic carboxylic acids is 1. The summed E-state index contributed by atoms with van der Waals surface area (Å²) in [6, 6.07) is 20.6.